The van der Waals surface area contributed by atoms with E-state index in [0.29, 0.717) is 16.9 Å². The number of carbonyl (C=O) groups excluding carboxylic acids is 1. The molecular formula is C14H19BrClNO3S. The first-order valence-electron chi connectivity index (χ1n) is 6.73. The molecule has 0 spiro atoms. The molecule has 0 heterocycles. The van der Waals surface area contributed by atoms with Crippen LogP contribution in [0.15, 0.2) is 27.6 Å². The molecule has 1 amide bonds. The van der Waals surface area contributed by atoms with Gasteiger partial charge in [0.2, 0.25) is 0 Å². The fraction of sp³-hybridized carbons (Fsp3) is 0.500. The van der Waals surface area contributed by atoms with Crippen LogP contribution < -0.4 is 5.32 Å². The van der Waals surface area contributed by atoms with E-state index in [1.165, 1.54) is 12.1 Å². The first-order chi connectivity index (χ1) is 9.70. The SMILES string of the molecule is CC(C)CCCCNC(=O)c1cc(Br)cc(S(=O)(=O)Cl)c1. The van der Waals surface area contributed by atoms with Crippen LogP contribution >= 0.6 is 26.6 Å². The van der Waals surface area contributed by atoms with Crippen molar-refractivity contribution in [3.63, 3.8) is 0 Å². The van der Waals surface area contributed by atoms with E-state index in [2.05, 4.69) is 35.1 Å². The molecule has 0 fully saturated rings. The highest BCUT2D eigenvalue weighted by Gasteiger charge is 2.15. The molecule has 0 saturated heterocycles. The van der Waals surface area contributed by atoms with Crippen molar-refractivity contribution in [1.82, 2.24) is 5.32 Å². The third-order valence-electron chi connectivity index (χ3n) is 2.91. The number of hydrogen-bond acceptors (Lipinski definition) is 3. The highest BCUT2D eigenvalue weighted by Crippen LogP contribution is 2.22. The molecule has 1 rings (SSSR count). The van der Waals surface area contributed by atoms with Gasteiger partial charge < -0.3 is 5.32 Å². The Morgan fingerprint density at radius 3 is 2.52 bits per heavy atom. The van der Waals surface area contributed by atoms with Gasteiger partial charge in [-0.2, -0.15) is 0 Å². The van der Waals surface area contributed by atoms with Crippen molar-refractivity contribution < 1.29 is 13.2 Å². The average Bonchev–Trinajstić information content (AvgIpc) is 2.36. The van der Waals surface area contributed by atoms with E-state index >= 15 is 0 Å². The Balaban J connectivity index is 2.64. The molecule has 21 heavy (non-hydrogen) atoms. The highest BCUT2D eigenvalue weighted by atomic mass is 79.9. The number of rotatable bonds is 7. The van der Waals surface area contributed by atoms with Crippen LogP contribution in [0, 0.1) is 5.92 Å². The summed E-state index contributed by atoms with van der Waals surface area (Å²) in [6, 6.07) is 4.20. The lowest BCUT2D eigenvalue weighted by Crippen LogP contribution is -2.24. The Morgan fingerprint density at radius 1 is 1.29 bits per heavy atom. The maximum absolute atomic E-state index is 12.0. The molecule has 0 unspecified atom stereocenters. The van der Waals surface area contributed by atoms with Gasteiger partial charge >= 0.3 is 0 Å². The molecule has 0 saturated carbocycles. The number of halogens is 2. The van der Waals surface area contributed by atoms with Crippen LogP contribution in [-0.2, 0) is 9.05 Å². The number of nitrogens with one attached hydrogen (secondary N) is 1. The second kappa shape index (κ2) is 8.15. The van der Waals surface area contributed by atoms with Crippen molar-refractivity contribution in [3.8, 4) is 0 Å². The highest BCUT2D eigenvalue weighted by molar-refractivity contribution is 9.10. The first kappa shape index (κ1) is 18.5. The summed E-state index contributed by atoms with van der Waals surface area (Å²) >= 11 is 3.18. The van der Waals surface area contributed by atoms with Crippen LogP contribution in [0.4, 0.5) is 0 Å². The van der Waals surface area contributed by atoms with Crippen LogP contribution in [0.1, 0.15) is 43.5 Å². The number of unbranched alkanes of at least 4 members (excludes halogenated alkanes) is 1. The maximum atomic E-state index is 12.0. The maximum Gasteiger partial charge on any atom is 0.261 e. The number of hydrogen-bond donors (Lipinski definition) is 1. The van der Waals surface area contributed by atoms with E-state index in [1.54, 1.807) is 6.07 Å². The van der Waals surface area contributed by atoms with Crippen LogP contribution in [0.5, 0.6) is 0 Å². The van der Waals surface area contributed by atoms with Gasteiger partial charge in [0.05, 0.1) is 4.90 Å². The standard InChI is InChI=1S/C14H19BrClNO3S/c1-10(2)5-3-4-6-17-14(18)11-7-12(15)9-13(8-11)21(16,19)20/h7-10H,3-6H2,1-2H3,(H,17,18). The molecule has 1 aromatic carbocycles. The number of amides is 1. The molecule has 1 N–H and O–H groups in total. The zero-order chi connectivity index (χ0) is 16.0. The first-order valence-corrected chi connectivity index (χ1v) is 9.84. The van der Waals surface area contributed by atoms with E-state index < -0.39 is 9.05 Å². The second-order valence-electron chi connectivity index (χ2n) is 5.26. The lowest BCUT2D eigenvalue weighted by molar-refractivity contribution is 0.0952. The summed E-state index contributed by atoms with van der Waals surface area (Å²) < 4.78 is 23.2. The van der Waals surface area contributed by atoms with Crippen LogP contribution in [0.25, 0.3) is 0 Å². The third-order valence-corrected chi connectivity index (χ3v) is 4.70. The topological polar surface area (TPSA) is 63.2 Å². The summed E-state index contributed by atoms with van der Waals surface area (Å²) in [6.07, 6.45) is 3.08. The summed E-state index contributed by atoms with van der Waals surface area (Å²) in [6.45, 7) is 4.89. The van der Waals surface area contributed by atoms with Gasteiger partial charge in [-0.25, -0.2) is 8.42 Å². The van der Waals surface area contributed by atoms with E-state index in [9.17, 15) is 13.2 Å². The van der Waals surface area contributed by atoms with Crippen molar-refractivity contribution in [2.45, 2.75) is 38.0 Å². The fourth-order valence-electron chi connectivity index (χ4n) is 1.82. The summed E-state index contributed by atoms with van der Waals surface area (Å²) in [7, 11) is 1.44. The Labute approximate surface area is 138 Å². The fourth-order valence-corrected chi connectivity index (χ4v) is 3.26. The van der Waals surface area contributed by atoms with Gasteiger partial charge in [0.1, 0.15) is 0 Å². The molecule has 0 aliphatic heterocycles. The van der Waals surface area contributed by atoms with Gasteiger partial charge in [0.15, 0.2) is 0 Å². The van der Waals surface area contributed by atoms with Gasteiger partial charge in [-0.3, -0.25) is 4.79 Å². The summed E-state index contributed by atoms with van der Waals surface area (Å²) in [5, 5.41) is 2.78. The Hall–Kier alpha value is -0.590. The minimum absolute atomic E-state index is 0.0940. The van der Waals surface area contributed by atoms with Crippen molar-refractivity contribution in [1.29, 1.82) is 0 Å². The van der Waals surface area contributed by atoms with Crippen LogP contribution in [0.2, 0.25) is 0 Å². The molecule has 0 aliphatic rings. The zero-order valence-electron chi connectivity index (χ0n) is 12.0. The Morgan fingerprint density at radius 2 is 1.95 bits per heavy atom. The minimum Gasteiger partial charge on any atom is -0.352 e. The zero-order valence-corrected chi connectivity index (χ0v) is 15.2. The van der Waals surface area contributed by atoms with Crippen molar-refractivity contribution in [2.24, 2.45) is 5.92 Å². The molecule has 0 bridgehead atoms. The van der Waals surface area contributed by atoms with Gasteiger partial charge in [-0.1, -0.05) is 42.6 Å². The normalized spacial score (nSPS) is 11.7. The molecule has 118 valence electrons. The quantitative estimate of drug-likeness (QED) is 0.561. The molecule has 4 nitrogen and oxygen atoms in total. The number of benzene rings is 1. The monoisotopic (exact) mass is 395 g/mol. The Bertz CT molecular complexity index is 602. The lowest BCUT2D eigenvalue weighted by atomic mass is 10.1. The molecule has 0 aliphatic carbocycles. The van der Waals surface area contributed by atoms with Crippen molar-refractivity contribution in [3.05, 3.63) is 28.2 Å². The Kier molecular flexibility index (Phi) is 7.16. The predicted octanol–water partition coefficient (Wildman–Crippen LogP) is 3.93. The van der Waals surface area contributed by atoms with E-state index in [-0.39, 0.29) is 16.4 Å². The van der Waals surface area contributed by atoms with Gasteiger partial charge in [-0.15, -0.1) is 0 Å². The van der Waals surface area contributed by atoms with E-state index in [0.717, 1.165) is 19.3 Å². The molecular weight excluding hydrogens is 378 g/mol. The van der Waals surface area contributed by atoms with Crippen LogP contribution in [-0.4, -0.2) is 20.9 Å². The molecule has 7 heteroatoms. The van der Waals surface area contributed by atoms with Gasteiger partial charge in [0, 0.05) is 27.3 Å². The van der Waals surface area contributed by atoms with E-state index in [4.69, 9.17) is 10.7 Å². The second-order valence-corrected chi connectivity index (χ2v) is 8.74. The minimum atomic E-state index is -3.86. The van der Waals surface area contributed by atoms with Crippen molar-refractivity contribution in [2.75, 3.05) is 6.54 Å². The largest absolute Gasteiger partial charge is 0.352 e. The predicted molar refractivity (Wildman–Crippen MR) is 88.2 cm³/mol. The third kappa shape index (κ3) is 6.80. The summed E-state index contributed by atoms with van der Waals surface area (Å²) in [5.74, 6) is 0.352. The molecule has 0 radical (unpaired) electrons. The molecule has 0 aromatic heterocycles. The average molecular weight is 397 g/mol. The van der Waals surface area contributed by atoms with Gasteiger partial charge in [0.25, 0.3) is 15.0 Å². The molecule has 1 aromatic rings. The lowest BCUT2D eigenvalue weighted by Gasteiger charge is -2.08. The van der Waals surface area contributed by atoms with Crippen LogP contribution in [0.3, 0.4) is 0 Å². The molecule has 0 atom stereocenters. The summed E-state index contributed by atoms with van der Waals surface area (Å²) in [4.78, 5) is 11.9. The summed E-state index contributed by atoms with van der Waals surface area (Å²) in [5.41, 5.74) is 0.271. The smallest absolute Gasteiger partial charge is 0.261 e. The van der Waals surface area contributed by atoms with Crippen molar-refractivity contribution >= 4 is 41.6 Å². The number of carbonyl (C=O) groups is 1. The van der Waals surface area contributed by atoms with E-state index in [1.807, 2.05) is 0 Å². The van der Waals surface area contributed by atoms with Gasteiger partial charge in [-0.05, 0) is 30.5 Å².